The summed E-state index contributed by atoms with van der Waals surface area (Å²) in [5, 5.41) is 9.04. The standard InChI is InChI=1S/C15H22N2O2/c1-11-5-4-6-14(12(11)2)17-9-7-16(8-10-17)13(3)15(18)19/h4-6,13H,7-10H2,1-3H3,(H,18,19). The summed E-state index contributed by atoms with van der Waals surface area (Å²) in [6.07, 6.45) is 0. The molecule has 0 bridgehead atoms. The van der Waals surface area contributed by atoms with Gasteiger partial charge in [0.1, 0.15) is 6.04 Å². The van der Waals surface area contributed by atoms with E-state index in [1.54, 1.807) is 6.92 Å². The molecular formula is C15H22N2O2. The number of nitrogens with zero attached hydrogens (tertiary/aromatic N) is 2. The minimum Gasteiger partial charge on any atom is -0.480 e. The normalized spacial score (nSPS) is 18.4. The van der Waals surface area contributed by atoms with Crippen LogP contribution in [0.1, 0.15) is 18.1 Å². The number of carboxylic acid groups (broad SMARTS) is 1. The van der Waals surface area contributed by atoms with Gasteiger partial charge >= 0.3 is 5.97 Å². The molecule has 0 spiro atoms. The molecule has 0 aromatic heterocycles. The topological polar surface area (TPSA) is 43.8 Å². The Balaban J connectivity index is 2.04. The van der Waals surface area contributed by atoms with Crippen molar-refractivity contribution in [2.24, 2.45) is 0 Å². The lowest BCUT2D eigenvalue weighted by Crippen LogP contribution is -2.51. The maximum absolute atomic E-state index is 11.0. The van der Waals surface area contributed by atoms with E-state index < -0.39 is 5.97 Å². The summed E-state index contributed by atoms with van der Waals surface area (Å²) in [6, 6.07) is 5.98. The highest BCUT2D eigenvalue weighted by Gasteiger charge is 2.25. The Morgan fingerprint density at radius 1 is 1.21 bits per heavy atom. The van der Waals surface area contributed by atoms with Gasteiger partial charge in [-0.1, -0.05) is 12.1 Å². The number of anilines is 1. The molecule has 1 aromatic rings. The van der Waals surface area contributed by atoms with Crippen LogP contribution in [-0.2, 0) is 4.79 Å². The van der Waals surface area contributed by atoms with Gasteiger partial charge in [0.2, 0.25) is 0 Å². The van der Waals surface area contributed by atoms with E-state index in [1.165, 1.54) is 16.8 Å². The Labute approximate surface area is 114 Å². The highest BCUT2D eigenvalue weighted by molar-refractivity contribution is 5.73. The van der Waals surface area contributed by atoms with Crippen LogP contribution in [0.25, 0.3) is 0 Å². The predicted molar refractivity (Wildman–Crippen MR) is 76.8 cm³/mol. The summed E-state index contributed by atoms with van der Waals surface area (Å²) >= 11 is 0. The molecule has 0 amide bonds. The Morgan fingerprint density at radius 2 is 1.84 bits per heavy atom. The SMILES string of the molecule is Cc1cccc(N2CCN(C(C)C(=O)O)CC2)c1C. The fourth-order valence-corrected chi connectivity index (χ4v) is 2.58. The van der Waals surface area contributed by atoms with Gasteiger partial charge in [-0.3, -0.25) is 9.69 Å². The highest BCUT2D eigenvalue weighted by Crippen LogP contribution is 2.24. The molecule has 1 saturated heterocycles. The molecule has 19 heavy (non-hydrogen) atoms. The van der Waals surface area contributed by atoms with Crippen molar-refractivity contribution in [3.8, 4) is 0 Å². The molecule has 1 fully saturated rings. The number of hydrogen-bond acceptors (Lipinski definition) is 3. The molecule has 1 aromatic carbocycles. The predicted octanol–water partition coefficient (Wildman–Crippen LogP) is 1.90. The molecule has 1 aliphatic rings. The van der Waals surface area contributed by atoms with Gasteiger partial charge in [-0.25, -0.2) is 0 Å². The molecule has 1 heterocycles. The second-order valence-corrected chi connectivity index (χ2v) is 5.26. The second kappa shape index (κ2) is 5.61. The van der Waals surface area contributed by atoms with Crippen LogP contribution in [-0.4, -0.2) is 48.2 Å². The first kappa shape index (κ1) is 13.9. The monoisotopic (exact) mass is 262 g/mol. The lowest BCUT2D eigenvalue weighted by molar-refractivity contribution is -0.142. The lowest BCUT2D eigenvalue weighted by atomic mass is 10.1. The van der Waals surface area contributed by atoms with E-state index in [1.807, 2.05) is 4.90 Å². The van der Waals surface area contributed by atoms with Crippen molar-refractivity contribution < 1.29 is 9.90 Å². The third-order valence-corrected chi connectivity index (χ3v) is 4.14. The summed E-state index contributed by atoms with van der Waals surface area (Å²) in [7, 11) is 0. The molecule has 2 rings (SSSR count). The Kier molecular flexibility index (Phi) is 4.10. The van der Waals surface area contributed by atoms with Gasteiger partial charge in [-0.15, -0.1) is 0 Å². The van der Waals surface area contributed by atoms with Crippen LogP contribution in [0.4, 0.5) is 5.69 Å². The number of benzene rings is 1. The van der Waals surface area contributed by atoms with Crippen LogP contribution >= 0.6 is 0 Å². The van der Waals surface area contributed by atoms with E-state index in [0.29, 0.717) is 0 Å². The van der Waals surface area contributed by atoms with Crippen LogP contribution in [0.5, 0.6) is 0 Å². The molecule has 1 unspecified atom stereocenters. The number of carboxylic acids is 1. The van der Waals surface area contributed by atoms with Crippen LogP contribution in [0.3, 0.4) is 0 Å². The third-order valence-electron chi connectivity index (χ3n) is 4.14. The van der Waals surface area contributed by atoms with Crippen molar-refractivity contribution >= 4 is 11.7 Å². The van der Waals surface area contributed by atoms with E-state index in [0.717, 1.165) is 26.2 Å². The van der Waals surface area contributed by atoms with Gasteiger partial charge < -0.3 is 10.0 Å². The van der Waals surface area contributed by atoms with E-state index in [9.17, 15) is 4.79 Å². The molecule has 4 heteroatoms. The summed E-state index contributed by atoms with van der Waals surface area (Å²) in [5.74, 6) is -0.736. The maximum atomic E-state index is 11.0. The minimum atomic E-state index is -0.736. The fourth-order valence-electron chi connectivity index (χ4n) is 2.58. The smallest absolute Gasteiger partial charge is 0.320 e. The van der Waals surface area contributed by atoms with Crippen molar-refractivity contribution in [3.05, 3.63) is 29.3 Å². The van der Waals surface area contributed by atoms with Crippen LogP contribution < -0.4 is 4.90 Å². The summed E-state index contributed by atoms with van der Waals surface area (Å²) in [6.45, 7) is 9.43. The van der Waals surface area contributed by atoms with Crippen molar-refractivity contribution in [2.75, 3.05) is 31.1 Å². The van der Waals surface area contributed by atoms with Gasteiger partial charge in [-0.2, -0.15) is 0 Å². The third kappa shape index (κ3) is 2.89. The van der Waals surface area contributed by atoms with Crippen molar-refractivity contribution in [2.45, 2.75) is 26.8 Å². The van der Waals surface area contributed by atoms with Crippen molar-refractivity contribution in [3.63, 3.8) is 0 Å². The first-order chi connectivity index (χ1) is 9.00. The number of hydrogen-bond donors (Lipinski definition) is 1. The van der Waals surface area contributed by atoms with E-state index >= 15 is 0 Å². The molecule has 1 aliphatic heterocycles. The van der Waals surface area contributed by atoms with E-state index in [4.69, 9.17) is 5.11 Å². The van der Waals surface area contributed by atoms with Gasteiger partial charge in [0.05, 0.1) is 0 Å². The average Bonchev–Trinajstić information content (AvgIpc) is 2.41. The van der Waals surface area contributed by atoms with Crippen LogP contribution in [0.2, 0.25) is 0 Å². The van der Waals surface area contributed by atoms with Gasteiger partial charge in [0.25, 0.3) is 0 Å². The Hall–Kier alpha value is -1.55. The number of piperazine rings is 1. The van der Waals surface area contributed by atoms with Crippen LogP contribution in [0, 0.1) is 13.8 Å². The average molecular weight is 262 g/mol. The van der Waals surface area contributed by atoms with Gasteiger partial charge in [-0.05, 0) is 38.0 Å². The number of aryl methyl sites for hydroxylation is 1. The van der Waals surface area contributed by atoms with Crippen LogP contribution in [0.15, 0.2) is 18.2 Å². The lowest BCUT2D eigenvalue weighted by Gasteiger charge is -2.38. The number of rotatable bonds is 3. The Morgan fingerprint density at radius 3 is 2.42 bits per heavy atom. The first-order valence-corrected chi connectivity index (χ1v) is 6.78. The molecule has 1 atom stereocenters. The Bertz CT molecular complexity index is 465. The quantitative estimate of drug-likeness (QED) is 0.903. The molecule has 104 valence electrons. The fraction of sp³-hybridized carbons (Fsp3) is 0.533. The van der Waals surface area contributed by atoms with Crippen molar-refractivity contribution in [1.29, 1.82) is 0 Å². The molecule has 0 aliphatic carbocycles. The highest BCUT2D eigenvalue weighted by atomic mass is 16.4. The zero-order chi connectivity index (χ0) is 14.0. The summed E-state index contributed by atoms with van der Waals surface area (Å²) < 4.78 is 0. The summed E-state index contributed by atoms with van der Waals surface area (Å²) in [5.41, 5.74) is 3.91. The molecular weight excluding hydrogens is 240 g/mol. The first-order valence-electron chi connectivity index (χ1n) is 6.78. The van der Waals surface area contributed by atoms with E-state index in [2.05, 4.69) is 36.9 Å². The van der Waals surface area contributed by atoms with Gasteiger partial charge in [0.15, 0.2) is 0 Å². The van der Waals surface area contributed by atoms with Gasteiger partial charge in [0, 0.05) is 31.9 Å². The second-order valence-electron chi connectivity index (χ2n) is 5.26. The number of aliphatic carboxylic acids is 1. The zero-order valence-corrected chi connectivity index (χ0v) is 11.9. The number of carbonyl (C=O) groups is 1. The van der Waals surface area contributed by atoms with E-state index in [-0.39, 0.29) is 6.04 Å². The zero-order valence-electron chi connectivity index (χ0n) is 11.9. The summed E-state index contributed by atoms with van der Waals surface area (Å²) in [4.78, 5) is 15.4. The molecule has 4 nitrogen and oxygen atoms in total. The maximum Gasteiger partial charge on any atom is 0.320 e. The largest absolute Gasteiger partial charge is 0.480 e. The molecule has 1 N–H and O–H groups in total. The van der Waals surface area contributed by atoms with Crippen molar-refractivity contribution in [1.82, 2.24) is 4.90 Å². The minimum absolute atomic E-state index is 0.388. The molecule has 0 saturated carbocycles. The molecule has 0 radical (unpaired) electrons.